The number of rotatable bonds is 6. The van der Waals surface area contributed by atoms with Gasteiger partial charge in [-0.1, -0.05) is 24.3 Å². The number of para-hydroxylation sites is 1. The van der Waals surface area contributed by atoms with Gasteiger partial charge in [0.05, 0.1) is 6.61 Å². The second kappa shape index (κ2) is 8.17. The number of urea groups is 1. The Bertz CT molecular complexity index is 651. The highest BCUT2D eigenvalue weighted by molar-refractivity contribution is 5.88. The molecule has 23 heavy (non-hydrogen) atoms. The lowest BCUT2D eigenvalue weighted by Crippen LogP contribution is -2.30. The van der Waals surface area contributed by atoms with Crippen LogP contribution in [0.25, 0.3) is 0 Å². The summed E-state index contributed by atoms with van der Waals surface area (Å²) in [6, 6.07) is 9.57. The van der Waals surface area contributed by atoms with Gasteiger partial charge in [0.25, 0.3) is 0 Å². The first kappa shape index (κ1) is 16.8. The smallest absolute Gasteiger partial charge is 0.320 e. The highest BCUT2D eigenvalue weighted by Crippen LogP contribution is 2.22. The van der Waals surface area contributed by atoms with Crippen molar-refractivity contribution >= 4 is 11.8 Å². The summed E-state index contributed by atoms with van der Waals surface area (Å²) < 4.78 is 5.80. The van der Waals surface area contributed by atoms with Crippen LogP contribution >= 0.6 is 0 Å². The highest BCUT2D eigenvalue weighted by Gasteiger charge is 2.05. The fourth-order valence-corrected chi connectivity index (χ4v) is 2.24. The summed E-state index contributed by atoms with van der Waals surface area (Å²) in [5.74, 6) is 1.51. The molecule has 0 bridgehead atoms. The monoisotopic (exact) mass is 313 g/mol. The number of carbonyl (C=O) groups is 1. The van der Waals surface area contributed by atoms with Crippen molar-refractivity contribution in [2.45, 2.75) is 27.2 Å². The third-order valence-electron chi connectivity index (χ3n) is 3.50. The van der Waals surface area contributed by atoms with E-state index in [2.05, 4.69) is 15.6 Å². The molecule has 0 radical (unpaired) electrons. The van der Waals surface area contributed by atoms with E-state index in [1.54, 1.807) is 6.20 Å². The Kier molecular flexibility index (Phi) is 5.97. The van der Waals surface area contributed by atoms with Gasteiger partial charge < -0.3 is 10.1 Å². The van der Waals surface area contributed by atoms with Gasteiger partial charge in [-0.3, -0.25) is 5.32 Å². The van der Waals surface area contributed by atoms with E-state index in [0.29, 0.717) is 19.0 Å². The highest BCUT2D eigenvalue weighted by atomic mass is 16.5. The van der Waals surface area contributed by atoms with Gasteiger partial charge in [-0.05, 0) is 49.9 Å². The Balaban J connectivity index is 1.69. The van der Waals surface area contributed by atoms with Crippen LogP contribution in [0.1, 0.15) is 23.1 Å². The molecule has 0 saturated carbocycles. The first-order valence-corrected chi connectivity index (χ1v) is 7.73. The Morgan fingerprint density at radius 3 is 2.48 bits per heavy atom. The zero-order valence-electron chi connectivity index (χ0n) is 13.8. The topological polar surface area (TPSA) is 63.2 Å². The minimum absolute atomic E-state index is 0.251. The van der Waals surface area contributed by atoms with E-state index in [4.69, 9.17) is 4.74 Å². The molecule has 0 aliphatic rings. The van der Waals surface area contributed by atoms with Crippen LogP contribution in [-0.2, 0) is 0 Å². The lowest BCUT2D eigenvalue weighted by atomic mass is 10.1. The maximum Gasteiger partial charge on any atom is 0.320 e. The van der Waals surface area contributed by atoms with Crippen LogP contribution in [0.2, 0.25) is 0 Å². The average molecular weight is 313 g/mol. The van der Waals surface area contributed by atoms with Crippen molar-refractivity contribution in [2.24, 2.45) is 0 Å². The summed E-state index contributed by atoms with van der Waals surface area (Å²) in [6.45, 7) is 7.07. The minimum Gasteiger partial charge on any atom is -0.493 e. The molecule has 0 saturated heterocycles. The molecule has 2 rings (SSSR count). The van der Waals surface area contributed by atoms with Crippen molar-refractivity contribution < 1.29 is 9.53 Å². The molecule has 1 heterocycles. The van der Waals surface area contributed by atoms with E-state index in [0.717, 1.165) is 28.9 Å². The summed E-state index contributed by atoms with van der Waals surface area (Å²) >= 11 is 0. The fraction of sp³-hybridized carbons (Fsp3) is 0.333. The van der Waals surface area contributed by atoms with E-state index in [9.17, 15) is 4.79 Å². The normalized spacial score (nSPS) is 10.2. The lowest BCUT2D eigenvalue weighted by Gasteiger charge is -2.12. The summed E-state index contributed by atoms with van der Waals surface area (Å²) in [5.41, 5.74) is 3.18. The van der Waals surface area contributed by atoms with Crippen LogP contribution in [0.4, 0.5) is 10.6 Å². The summed E-state index contributed by atoms with van der Waals surface area (Å²) in [6.07, 6.45) is 2.39. The fourth-order valence-electron chi connectivity index (χ4n) is 2.24. The molecule has 5 heteroatoms. The Hall–Kier alpha value is -2.56. The van der Waals surface area contributed by atoms with E-state index in [-0.39, 0.29) is 6.03 Å². The van der Waals surface area contributed by atoms with Crippen molar-refractivity contribution in [2.75, 3.05) is 18.5 Å². The number of carbonyl (C=O) groups excluding carboxylic acids is 1. The van der Waals surface area contributed by atoms with E-state index < -0.39 is 0 Å². The number of nitrogens with zero attached hydrogens (tertiary/aromatic N) is 1. The predicted molar refractivity (Wildman–Crippen MR) is 92.0 cm³/mol. The van der Waals surface area contributed by atoms with Crippen LogP contribution in [0.3, 0.4) is 0 Å². The standard InChI is InChI=1S/C18H23N3O2/c1-13-7-4-8-14(2)16(13)23-12-6-11-20-18(22)21-17-15(3)9-5-10-19-17/h4-5,7-10H,6,11-12H2,1-3H3,(H2,19,20,21,22). The number of benzene rings is 1. The van der Waals surface area contributed by atoms with E-state index in [1.165, 1.54) is 0 Å². The van der Waals surface area contributed by atoms with Gasteiger partial charge in [-0.25, -0.2) is 9.78 Å². The van der Waals surface area contributed by atoms with Gasteiger partial charge in [0.1, 0.15) is 11.6 Å². The molecule has 0 fully saturated rings. The second-order valence-corrected chi connectivity index (χ2v) is 5.47. The molecule has 2 amide bonds. The summed E-state index contributed by atoms with van der Waals surface area (Å²) in [4.78, 5) is 15.9. The van der Waals surface area contributed by atoms with E-state index >= 15 is 0 Å². The van der Waals surface area contributed by atoms with Crippen molar-refractivity contribution in [3.8, 4) is 5.75 Å². The maximum atomic E-state index is 11.8. The number of aromatic nitrogens is 1. The minimum atomic E-state index is -0.251. The van der Waals surface area contributed by atoms with Crippen molar-refractivity contribution in [3.05, 3.63) is 53.2 Å². The maximum absolute atomic E-state index is 11.8. The first-order valence-electron chi connectivity index (χ1n) is 7.73. The Morgan fingerprint density at radius 2 is 1.78 bits per heavy atom. The summed E-state index contributed by atoms with van der Waals surface area (Å²) in [5, 5.41) is 5.54. The number of pyridine rings is 1. The first-order chi connectivity index (χ1) is 11.1. The number of hydrogen-bond donors (Lipinski definition) is 2. The molecular formula is C18H23N3O2. The molecule has 2 aromatic rings. The third kappa shape index (κ3) is 4.98. The molecule has 5 nitrogen and oxygen atoms in total. The molecule has 122 valence electrons. The Morgan fingerprint density at radius 1 is 1.09 bits per heavy atom. The quantitative estimate of drug-likeness (QED) is 0.801. The van der Waals surface area contributed by atoms with Crippen molar-refractivity contribution in [3.63, 3.8) is 0 Å². The van der Waals surface area contributed by atoms with Crippen LogP contribution in [0.5, 0.6) is 5.75 Å². The number of anilines is 1. The number of nitrogens with one attached hydrogen (secondary N) is 2. The molecule has 2 N–H and O–H groups in total. The molecule has 0 spiro atoms. The van der Waals surface area contributed by atoms with Crippen LogP contribution in [0, 0.1) is 20.8 Å². The van der Waals surface area contributed by atoms with Crippen LogP contribution < -0.4 is 15.4 Å². The number of amides is 2. The third-order valence-corrected chi connectivity index (χ3v) is 3.50. The van der Waals surface area contributed by atoms with Crippen LogP contribution in [0.15, 0.2) is 36.5 Å². The predicted octanol–water partition coefficient (Wildman–Crippen LogP) is 3.60. The van der Waals surface area contributed by atoms with Crippen molar-refractivity contribution in [1.29, 1.82) is 0 Å². The second-order valence-electron chi connectivity index (χ2n) is 5.47. The van der Waals surface area contributed by atoms with Gasteiger partial charge in [-0.15, -0.1) is 0 Å². The molecule has 0 aliphatic carbocycles. The molecule has 0 unspecified atom stereocenters. The molecule has 0 aliphatic heterocycles. The number of aryl methyl sites for hydroxylation is 3. The zero-order valence-corrected chi connectivity index (χ0v) is 13.8. The zero-order chi connectivity index (χ0) is 16.7. The van der Waals surface area contributed by atoms with E-state index in [1.807, 2.05) is 51.1 Å². The van der Waals surface area contributed by atoms with Crippen LogP contribution in [-0.4, -0.2) is 24.2 Å². The lowest BCUT2D eigenvalue weighted by molar-refractivity contribution is 0.250. The van der Waals surface area contributed by atoms with Gasteiger partial charge >= 0.3 is 6.03 Å². The largest absolute Gasteiger partial charge is 0.493 e. The van der Waals surface area contributed by atoms with Gasteiger partial charge in [0, 0.05) is 12.7 Å². The Labute approximate surface area is 137 Å². The van der Waals surface area contributed by atoms with Gasteiger partial charge in [-0.2, -0.15) is 0 Å². The molecule has 0 atom stereocenters. The van der Waals surface area contributed by atoms with Crippen molar-refractivity contribution in [1.82, 2.24) is 10.3 Å². The molecule has 1 aromatic heterocycles. The molecule has 1 aromatic carbocycles. The van der Waals surface area contributed by atoms with Gasteiger partial charge in [0.2, 0.25) is 0 Å². The van der Waals surface area contributed by atoms with Gasteiger partial charge in [0.15, 0.2) is 0 Å². The SMILES string of the molecule is Cc1cccnc1NC(=O)NCCCOc1c(C)cccc1C. The average Bonchev–Trinajstić information content (AvgIpc) is 2.52. The number of hydrogen-bond acceptors (Lipinski definition) is 3. The summed E-state index contributed by atoms with van der Waals surface area (Å²) in [7, 11) is 0. The number of ether oxygens (including phenoxy) is 1. The molecular weight excluding hydrogens is 290 g/mol.